The summed E-state index contributed by atoms with van der Waals surface area (Å²) in [5, 5.41) is 13.4. The van der Waals surface area contributed by atoms with E-state index in [1.165, 1.54) is 21.0 Å². The molecular weight excluding hydrogens is 922 g/mol. The van der Waals surface area contributed by atoms with Gasteiger partial charge in [-0.1, -0.05) is 32.1 Å². The number of ether oxygens (including phenoxy) is 3. The maximum Gasteiger partial charge on any atom is 0.411 e. The highest BCUT2D eigenvalue weighted by atomic mass is 32.2. The summed E-state index contributed by atoms with van der Waals surface area (Å²) < 4.78 is 90.3. The Balaban J connectivity index is 1.31. The van der Waals surface area contributed by atoms with Gasteiger partial charge in [0.1, 0.15) is 40.8 Å². The third kappa shape index (κ3) is 10.6. The molecule has 3 N–H and O–H groups in total. The minimum absolute atomic E-state index is 0.0289. The van der Waals surface area contributed by atoms with E-state index in [-0.39, 0.29) is 41.9 Å². The van der Waals surface area contributed by atoms with Gasteiger partial charge in [-0.25, -0.2) is 23.2 Å². The van der Waals surface area contributed by atoms with Crippen LogP contribution in [0.25, 0.3) is 22.6 Å². The number of aromatic nitrogens is 2. The van der Waals surface area contributed by atoms with Crippen molar-refractivity contribution < 1.29 is 60.1 Å². The van der Waals surface area contributed by atoms with E-state index < -0.39 is 92.4 Å². The van der Waals surface area contributed by atoms with Crippen LogP contribution in [0.5, 0.6) is 17.4 Å². The Bertz CT molecular complexity index is 2590. The number of nitrogens with one attached hydrogen (secondary N) is 2. The summed E-state index contributed by atoms with van der Waals surface area (Å²) >= 11 is 0. The lowest BCUT2D eigenvalue weighted by Crippen LogP contribution is -2.66. The van der Waals surface area contributed by atoms with Gasteiger partial charge in [-0.05, 0) is 115 Å². The average Bonchev–Trinajstić information content (AvgIpc) is 4.16. The number of hydrogen-bond acceptors (Lipinski definition) is 11. The zero-order valence-corrected chi connectivity index (χ0v) is 40.8. The normalized spacial score (nSPS) is 26.1. The highest BCUT2D eigenvalue weighted by Gasteiger charge is 2.64. The van der Waals surface area contributed by atoms with Crippen LogP contribution >= 0.6 is 0 Å². The summed E-state index contributed by atoms with van der Waals surface area (Å²) in [7, 11) is -2.69. The second-order valence-electron chi connectivity index (χ2n) is 19.9. The number of carboxylic acid groups (broad SMARTS) is 1. The smallest absolute Gasteiger partial charge is 0.411 e. The first-order chi connectivity index (χ1) is 32.3. The van der Waals surface area contributed by atoms with E-state index in [2.05, 4.69) is 15.0 Å². The van der Waals surface area contributed by atoms with Crippen molar-refractivity contribution in [3.8, 4) is 40.0 Å². The molecule has 2 saturated carbocycles. The quantitative estimate of drug-likeness (QED) is 0.151. The Labute approximate surface area is 400 Å². The lowest BCUT2D eigenvalue weighted by Gasteiger charge is -2.45. The van der Waals surface area contributed by atoms with Crippen molar-refractivity contribution in [2.75, 3.05) is 13.7 Å². The molecule has 4 heterocycles. The number of pyridine rings is 2. The molecule has 4 amide bonds. The monoisotopic (exact) mass is 982 g/mol. The Morgan fingerprint density at radius 2 is 1.67 bits per heavy atom. The number of hydrogen-bond donors (Lipinski definition) is 3. The van der Waals surface area contributed by atoms with Crippen molar-refractivity contribution in [1.29, 1.82) is 0 Å². The fourth-order valence-corrected chi connectivity index (χ4v) is 10.6. The first-order valence-electron chi connectivity index (χ1n) is 23.2. The second-order valence-corrected chi connectivity index (χ2v) is 22.1. The molecule has 3 aromatic rings. The van der Waals surface area contributed by atoms with Crippen molar-refractivity contribution in [1.82, 2.24) is 29.8 Å². The van der Waals surface area contributed by atoms with Gasteiger partial charge in [-0.15, -0.1) is 0 Å². The predicted molar refractivity (Wildman–Crippen MR) is 249 cm³/mol. The van der Waals surface area contributed by atoms with Gasteiger partial charge in [0.05, 0.1) is 41.6 Å². The number of halogens is 3. The SMILES string of the molecule is COc1cccc(-c2cc(O[C@@H]3C[C@H]4C(=O)N[C@]5(C(=O)NS(=O)(=O)C6(C)CC6)C[C@H]5C=CCC[C@@H](C)C[C@@H](C)[C@H](N(C(=O)O)C(C)(C)C(F)(F)F)C(=O)N4C3)cc(-c3ccc(OC(C)C)cc3)n2)n1. The number of alkyl halides is 3. The van der Waals surface area contributed by atoms with Crippen LogP contribution in [0.1, 0.15) is 93.4 Å². The number of amides is 4. The van der Waals surface area contributed by atoms with Crippen LogP contribution in [-0.4, -0.2) is 117 Å². The lowest BCUT2D eigenvalue weighted by atomic mass is 9.85. The van der Waals surface area contributed by atoms with Gasteiger partial charge >= 0.3 is 12.3 Å². The van der Waals surface area contributed by atoms with Crippen LogP contribution in [-0.2, 0) is 24.4 Å². The molecule has 69 heavy (non-hydrogen) atoms. The maximum absolute atomic E-state index is 15.3. The first-order valence-corrected chi connectivity index (χ1v) is 24.7. The number of carbonyl (C=O) groups is 4. The first kappa shape index (κ1) is 50.9. The molecule has 0 bridgehead atoms. The van der Waals surface area contributed by atoms with Gasteiger partial charge in [0.2, 0.25) is 27.7 Å². The van der Waals surface area contributed by atoms with E-state index in [1.54, 1.807) is 54.6 Å². The molecular formula is C49H61F3N6O10S. The highest BCUT2D eigenvalue weighted by molar-refractivity contribution is 7.91. The van der Waals surface area contributed by atoms with Crippen LogP contribution in [0, 0.1) is 17.8 Å². The van der Waals surface area contributed by atoms with Crippen LogP contribution in [0.2, 0.25) is 0 Å². The fourth-order valence-electron chi connectivity index (χ4n) is 9.28. The third-order valence-corrected chi connectivity index (χ3v) is 16.0. The number of fused-ring (bicyclic) bond motifs is 2. The average molecular weight is 983 g/mol. The van der Waals surface area contributed by atoms with E-state index in [4.69, 9.17) is 19.2 Å². The summed E-state index contributed by atoms with van der Waals surface area (Å²) in [4.78, 5) is 68.0. The Morgan fingerprint density at radius 1 is 0.986 bits per heavy atom. The molecule has 7 atom stereocenters. The molecule has 0 spiro atoms. The van der Waals surface area contributed by atoms with Crippen LogP contribution in [0.4, 0.5) is 18.0 Å². The van der Waals surface area contributed by atoms with Gasteiger partial charge in [0.15, 0.2) is 0 Å². The van der Waals surface area contributed by atoms with Gasteiger partial charge in [-0.3, -0.25) is 24.0 Å². The van der Waals surface area contributed by atoms with Crippen molar-refractivity contribution >= 4 is 33.8 Å². The molecule has 7 rings (SSSR count). The lowest BCUT2D eigenvalue weighted by molar-refractivity contribution is -0.222. The van der Waals surface area contributed by atoms with E-state index in [0.717, 1.165) is 4.90 Å². The summed E-state index contributed by atoms with van der Waals surface area (Å²) in [6.07, 6.45) is -3.15. The molecule has 1 aromatic carbocycles. The maximum atomic E-state index is 15.3. The Kier molecular flexibility index (Phi) is 14.1. The van der Waals surface area contributed by atoms with Crippen molar-refractivity contribution in [3.05, 3.63) is 66.7 Å². The fraction of sp³-hybridized carbons (Fsp3) is 0.551. The topological polar surface area (TPSA) is 207 Å². The zero-order chi connectivity index (χ0) is 50.4. The molecule has 0 radical (unpaired) electrons. The number of nitrogens with zero attached hydrogens (tertiary/aromatic N) is 4. The van der Waals surface area contributed by atoms with Crippen molar-refractivity contribution in [3.63, 3.8) is 0 Å². The van der Waals surface area contributed by atoms with Gasteiger partial charge in [0.25, 0.3) is 5.91 Å². The molecule has 2 aliphatic carbocycles. The van der Waals surface area contributed by atoms with Crippen molar-refractivity contribution in [2.45, 2.75) is 140 Å². The standard InChI is InChI=1S/C49H61F3N6O10S/c1-28(2)67-33-18-16-31(17-19-33)37-23-34(24-38(53-37)36-14-11-15-40(54-36)66-8)68-35-25-39-42(59)55-48(44(61)56-69(64,65)47(7)20-21-47)26-32(48)13-10-9-12-29(3)22-30(4)41(43(60)57(39)27-35)58(45(62)63)46(5,6)49(50,51)52/h10-11,13-19,23-24,28-30,32,35,39,41H,9,12,20-22,25-27H2,1-8H3,(H,55,59)(H,56,61)(H,62,63)/t29-,30-,32-,35-,39+,41+,48-/m1/s1. The predicted octanol–water partition coefficient (Wildman–Crippen LogP) is 7.53. The Morgan fingerprint density at radius 3 is 2.29 bits per heavy atom. The molecule has 1 saturated heterocycles. The van der Waals surface area contributed by atoms with Gasteiger partial charge in [-0.2, -0.15) is 13.2 Å². The van der Waals surface area contributed by atoms with Crippen LogP contribution in [0.15, 0.2) is 66.7 Å². The summed E-state index contributed by atoms with van der Waals surface area (Å²) in [6, 6.07) is 12.1. The number of methoxy groups -OCH3 is 1. The van der Waals surface area contributed by atoms with Crippen LogP contribution in [0.3, 0.4) is 0 Å². The van der Waals surface area contributed by atoms with Crippen molar-refractivity contribution in [2.24, 2.45) is 17.8 Å². The molecule has 3 fully saturated rings. The number of carbonyl (C=O) groups excluding carboxylic acids is 3. The number of rotatable bonds is 12. The van der Waals surface area contributed by atoms with E-state index in [9.17, 15) is 41.1 Å². The minimum Gasteiger partial charge on any atom is -0.491 e. The van der Waals surface area contributed by atoms with E-state index in [1.807, 2.05) is 32.9 Å². The highest BCUT2D eigenvalue weighted by Crippen LogP contribution is 2.48. The molecule has 2 aliphatic heterocycles. The Hall–Kier alpha value is -5.92. The third-order valence-electron chi connectivity index (χ3n) is 13.8. The number of sulfonamides is 1. The summed E-state index contributed by atoms with van der Waals surface area (Å²) in [5.74, 6) is -3.60. The molecule has 4 aliphatic rings. The molecule has 2 aromatic heterocycles. The van der Waals surface area contributed by atoms with Gasteiger partial charge < -0.3 is 29.5 Å². The van der Waals surface area contributed by atoms with Crippen LogP contribution < -0.4 is 24.2 Å². The molecule has 16 nitrogen and oxygen atoms in total. The molecule has 374 valence electrons. The second kappa shape index (κ2) is 19.1. The molecule has 0 unspecified atom stereocenters. The number of benzene rings is 1. The van der Waals surface area contributed by atoms with E-state index in [0.29, 0.717) is 73.8 Å². The van der Waals surface area contributed by atoms with Gasteiger partial charge in [0, 0.05) is 36.1 Å². The zero-order valence-electron chi connectivity index (χ0n) is 40.0. The largest absolute Gasteiger partial charge is 0.491 e. The minimum atomic E-state index is -5.12. The molecule has 20 heteroatoms. The summed E-state index contributed by atoms with van der Waals surface area (Å²) in [5.41, 5.74) is -2.95. The number of allylic oxidation sites excluding steroid dienone is 1. The summed E-state index contributed by atoms with van der Waals surface area (Å²) in [6.45, 7) is 9.69. The van der Waals surface area contributed by atoms with E-state index >= 15 is 4.79 Å².